The van der Waals surface area contributed by atoms with E-state index in [4.69, 9.17) is 26.3 Å². The summed E-state index contributed by atoms with van der Waals surface area (Å²) in [5.41, 5.74) is 0.853. The highest BCUT2D eigenvalue weighted by molar-refractivity contribution is 9.08. The van der Waals surface area contributed by atoms with E-state index in [0.29, 0.717) is 21.9 Å². The van der Waals surface area contributed by atoms with Gasteiger partial charge in [-0.2, -0.15) is 5.26 Å². The first-order chi connectivity index (χ1) is 7.62. The quantitative estimate of drug-likeness (QED) is 0.799. The van der Waals surface area contributed by atoms with E-state index in [2.05, 4.69) is 15.9 Å². The topological polar surface area (TPSA) is 42.2 Å². The molecule has 1 aromatic rings. The molecule has 0 aliphatic heterocycles. The lowest BCUT2D eigenvalue weighted by Gasteiger charge is -2.15. The Morgan fingerprint density at radius 1 is 1.56 bits per heavy atom. The molecule has 3 nitrogen and oxygen atoms in total. The molecule has 16 heavy (non-hydrogen) atoms. The average molecular weight is 305 g/mol. The molecule has 0 aliphatic carbocycles. The number of alkyl halides is 1. The van der Waals surface area contributed by atoms with Gasteiger partial charge in [0.2, 0.25) is 0 Å². The predicted molar refractivity (Wildman–Crippen MR) is 66.3 cm³/mol. The molecule has 1 aromatic carbocycles. The lowest BCUT2D eigenvalue weighted by atomic mass is 10.2. The molecule has 0 saturated carbocycles. The highest BCUT2D eigenvalue weighted by atomic mass is 79.9. The number of hydrogen-bond acceptors (Lipinski definition) is 3. The first-order valence-electron chi connectivity index (χ1n) is 4.61. The minimum atomic E-state index is -0.534. The Hall–Kier alpha value is -0.920. The van der Waals surface area contributed by atoms with Crippen molar-refractivity contribution in [3.63, 3.8) is 0 Å². The lowest BCUT2D eigenvalue weighted by molar-refractivity contribution is 0.258. The molecule has 1 atom stereocenters. The number of methoxy groups -OCH3 is 1. The van der Waals surface area contributed by atoms with Gasteiger partial charge in [-0.05, 0) is 13.0 Å². The van der Waals surface area contributed by atoms with E-state index in [0.717, 1.165) is 5.56 Å². The predicted octanol–water partition coefficient (Wildman–Crippen LogP) is 3.53. The Balaban J connectivity index is 3.17. The van der Waals surface area contributed by atoms with Crippen molar-refractivity contribution in [2.24, 2.45) is 0 Å². The van der Waals surface area contributed by atoms with Gasteiger partial charge in [-0.3, -0.25) is 0 Å². The molecule has 1 rings (SSSR count). The van der Waals surface area contributed by atoms with Crippen LogP contribution < -0.4 is 9.47 Å². The van der Waals surface area contributed by atoms with Crippen LogP contribution in [-0.2, 0) is 5.33 Å². The zero-order valence-corrected chi connectivity index (χ0v) is 11.3. The highest BCUT2D eigenvalue weighted by Gasteiger charge is 2.14. The van der Waals surface area contributed by atoms with Gasteiger partial charge in [0.1, 0.15) is 6.07 Å². The van der Waals surface area contributed by atoms with Crippen molar-refractivity contribution >= 4 is 27.5 Å². The van der Waals surface area contributed by atoms with Crippen molar-refractivity contribution in [2.45, 2.75) is 18.4 Å². The summed E-state index contributed by atoms with van der Waals surface area (Å²) in [6.45, 7) is 1.67. The summed E-state index contributed by atoms with van der Waals surface area (Å²) < 4.78 is 10.7. The summed E-state index contributed by atoms with van der Waals surface area (Å²) in [5, 5.41) is 9.88. The molecular weight excluding hydrogens is 293 g/mol. The lowest BCUT2D eigenvalue weighted by Crippen LogP contribution is -2.10. The zero-order chi connectivity index (χ0) is 12.1. The molecular formula is C11H11BrClNO2. The van der Waals surface area contributed by atoms with E-state index in [9.17, 15) is 0 Å². The standard InChI is InChI=1S/C11H11BrClNO2/c1-7(6-14)16-11-8(5-12)3-9(13)4-10(11)15-2/h3-4,7H,5H2,1-2H3. The Labute approximate surface area is 108 Å². The third-order valence-corrected chi connectivity index (χ3v) is 2.76. The van der Waals surface area contributed by atoms with Crippen molar-refractivity contribution in [3.05, 3.63) is 22.7 Å². The van der Waals surface area contributed by atoms with Gasteiger partial charge >= 0.3 is 0 Å². The summed E-state index contributed by atoms with van der Waals surface area (Å²) in [6, 6.07) is 5.44. The first-order valence-corrected chi connectivity index (χ1v) is 6.11. The minimum absolute atomic E-state index is 0.532. The Morgan fingerprint density at radius 2 is 2.25 bits per heavy atom. The van der Waals surface area contributed by atoms with E-state index in [1.54, 1.807) is 19.1 Å². The number of ether oxygens (including phenoxy) is 2. The monoisotopic (exact) mass is 303 g/mol. The normalized spacial score (nSPS) is 11.7. The van der Waals surface area contributed by atoms with Crippen molar-refractivity contribution in [1.82, 2.24) is 0 Å². The molecule has 0 aromatic heterocycles. The third-order valence-electron chi connectivity index (χ3n) is 1.94. The number of benzene rings is 1. The summed E-state index contributed by atoms with van der Waals surface area (Å²) >= 11 is 9.27. The summed E-state index contributed by atoms with van der Waals surface area (Å²) in [4.78, 5) is 0. The molecule has 0 bridgehead atoms. The molecule has 0 radical (unpaired) electrons. The van der Waals surface area contributed by atoms with Gasteiger partial charge in [0.05, 0.1) is 7.11 Å². The summed E-state index contributed by atoms with van der Waals surface area (Å²) in [6.07, 6.45) is -0.534. The van der Waals surface area contributed by atoms with Gasteiger partial charge in [0, 0.05) is 22.0 Å². The van der Waals surface area contributed by atoms with Crippen LogP contribution in [-0.4, -0.2) is 13.2 Å². The van der Waals surface area contributed by atoms with E-state index < -0.39 is 6.10 Å². The van der Waals surface area contributed by atoms with Crippen LogP contribution in [0.2, 0.25) is 5.02 Å². The zero-order valence-electron chi connectivity index (χ0n) is 8.96. The molecule has 0 amide bonds. The van der Waals surface area contributed by atoms with E-state index in [1.165, 1.54) is 7.11 Å². The smallest absolute Gasteiger partial charge is 0.181 e. The van der Waals surface area contributed by atoms with Gasteiger partial charge in [-0.1, -0.05) is 27.5 Å². The fraction of sp³-hybridized carbons (Fsp3) is 0.364. The van der Waals surface area contributed by atoms with Crippen LogP contribution in [0.25, 0.3) is 0 Å². The van der Waals surface area contributed by atoms with Crippen molar-refractivity contribution in [2.75, 3.05) is 7.11 Å². The number of hydrogen-bond donors (Lipinski definition) is 0. The number of nitrogens with zero attached hydrogens (tertiary/aromatic N) is 1. The van der Waals surface area contributed by atoms with Crippen LogP contribution in [0.3, 0.4) is 0 Å². The van der Waals surface area contributed by atoms with E-state index >= 15 is 0 Å². The van der Waals surface area contributed by atoms with Gasteiger partial charge < -0.3 is 9.47 Å². The largest absolute Gasteiger partial charge is 0.493 e. The number of nitriles is 1. The van der Waals surface area contributed by atoms with Gasteiger partial charge in [0.25, 0.3) is 0 Å². The average Bonchev–Trinajstić information content (AvgIpc) is 2.30. The Bertz CT molecular complexity index is 392. The molecule has 0 heterocycles. The molecule has 1 unspecified atom stereocenters. The first kappa shape index (κ1) is 13.1. The maximum atomic E-state index is 8.72. The van der Waals surface area contributed by atoms with Crippen molar-refractivity contribution < 1.29 is 9.47 Å². The summed E-state index contributed by atoms with van der Waals surface area (Å²) in [5.74, 6) is 1.09. The Morgan fingerprint density at radius 3 is 2.75 bits per heavy atom. The van der Waals surface area contributed by atoms with Crippen LogP contribution in [0, 0.1) is 11.3 Å². The van der Waals surface area contributed by atoms with Crippen LogP contribution in [0.4, 0.5) is 0 Å². The van der Waals surface area contributed by atoms with Gasteiger partial charge in [-0.25, -0.2) is 0 Å². The minimum Gasteiger partial charge on any atom is -0.493 e. The number of halogens is 2. The van der Waals surface area contributed by atoms with E-state index in [-0.39, 0.29) is 0 Å². The van der Waals surface area contributed by atoms with Crippen molar-refractivity contribution in [1.29, 1.82) is 5.26 Å². The molecule has 0 saturated heterocycles. The van der Waals surface area contributed by atoms with Crippen LogP contribution in [0.1, 0.15) is 12.5 Å². The fourth-order valence-corrected chi connectivity index (χ4v) is 1.86. The third kappa shape index (κ3) is 3.03. The molecule has 0 fully saturated rings. The SMILES string of the molecule is COc1cc(Cl)cc(CBr)c1OC(C)C#N. The maximum absolute atomic E-state index is 8.72. The van der Waals surface area contributed by atoms with Crippen molar-refractivity contribution in [3.8, 4) is 17.6 Å². The van der Waals surface area contributed by atoms with Gasteiger partial charge in [0.15, 0.2) is 17.6 Å². The van der Waals surface area contributed by atoms with Gasteiger partial charge in [-0.15, -0.1) is 0 Å². The second kappa shape index (κ2) is 5.97. The van der Waals surface area contributed by atoms with Crippen LogP contribution >= 0.6 is 27.5 Å². The Kier molecular flexibility index (Phi) is 4.91. The second-order valence-corrected chi connectivity index (χ2v) is 4.12. The molecule has 5 heteroatoms. The maximum Gasteiger partial charge on any atom is 0.181 e. The molecule has 0 N–H and O–H groups in total. The van der Waals surface area contributed by atoms with E-state index in [1.807, 2.05) is 6.07 Å². The molecule has 86 valence electrons. The van der Waals surface area contributed by atoms with Crippen LogP contribution in [0.5, 0.6) is 11.5 Å². The molecule has 0 spiro atoms. The molecule has 0 aliphatic rings. The highest BCUT2D eigenvalue weighted by Crippen LogP contribution is 2.36. The summed E-state index contributed by atoms with van der Waals surface area (Å²) in [7, 11) is 1.54. The fourth-order valence-electron chi connectivity index (χ4n) is 1.21. The van der Waals surface area contributed by atoms with Crippen LogP contribution in [0.15, 0.2) is 12.1 Å². The second-order valence-electron chi connectivity index (χ2n) is 3.12. The number of rotatable bonds is 4.